The van der Waals surface area contributed by atoms with Crippen molar-refractivity contribution in [2.45, 2.75) is 13.0 Å². The highest BCUT2D eigenvalue weighted by Gasteiger charge is 2.34. The predicted molar refractivity (Wildman–Crippen MR) is 136 cm³/mol. The van der Waals surface area contributed by atoms with Gasteiger partial charge in [0.25, 0.3) is 5.91 Å². The summed E-state index contributed by atoms with van der Waals surface area (Å²) in [6.45, 7) is 1.83. The summed E-state index contributed by atoms with van der Waals surface area (Å²) >= 11 is 3.47. The zero-order chi connectivity index (χ0) is 24.5. The molecule has 3 aromatic carbocycles. The predicted octanol–water partition coefficient (Wildman–Crippen LogP) is 5.78. The Morgan fingerprint density at radius 2 is 1.80 bits per heavy atom. The van der Waals surface area contributed by atoms with E-state index in [2.05, 4.69) is 31.5 Å². The quantitative estimate of drug-likeness (QED) is 0.339. The molecule has 2 N–H and O–H groups in total. The lowest BCUT2D eigenvalue weighted by Gasteiger charge is -2.29. The van der Waals surface area contributed by atoms with E-state index in [1.165, 1.54) is 12.1 Å². The zero-order valence-electron chi connectivity index (χ0n) is 18.9. The lowest BCUT2D eigenvalue weighted by atomic mass is 9.95. The Kier molecular flexibility index (Phi) is 6.08. The summed E-state index contributed by atoms with van der Waals surface area (Å²) in [5.41, 5.74) is 3.22. The summed E-state index contributed by atoms with van der Waals surface area (Å²) in [6, 6.07) is 20.4. The fraction of sp³-hybridized carbons (Fsp3) is 0.115. The molecular weight excluding hydrogens is 513 g/mol. The molecule has 5 rings (SSSR count). The number of amides is 1. The van der Waals surface area contributed by atoms with Crippen LogP contribution >= 0.6 is 15.9 Å². The lowest BCUT2D eigenvalue weighted by Crippen LogP contribution is -2.31. The van der Waals surface area contributed by atoms with Crippen molar-refractivity contribution in [2.24, 2.45) is 0 Å². The first-order chi connectivity index (χ1) is 16.9. The molecule has 9 heteroatoms. The Morgan fingerprint density at radius 1 is 1.09 bits per heavy atom. The first kappa shape index (κ1) is 22.8. The molecule has 1 amide bonds. The van der Waals surface area contributed by atoms with Crippen LogP contribution in [0.4, 0.5) is 16.0 Å². The molecule has 0 saturated carbocycles. The van der Waals surface area contributed by atoms with Crippen LogP contribution in [-0.2, 0) is 4.79 Å². The van der Waals surface area contributed by atoms with Gasteiger partial charge in [-0.2, -0.15) is 4.98 Å². The maximum atomic E-state index is 13.6. The summed E-state index contributed by atoms with van der Waals surface area (Å²) in [6.07, 6.45) is 0. The Hall–Kier alpha value is -3.98. The molecule has 0 spiro atoms. The van der Waals surface area contributed by atoms with Crippen LogP contribution in [-0.4, -0.2) is 27.8 Å². The normalized spacial score (nSPS) is 14.8. The number of benzene rings is 3. The largest absolute Gasteiger partial charge is 0.495 e. The average molecular weight is 534 g/mol. The Labute approximate surface area is 209 Å². The Balaban J connectivity index is 1.59. The van der Waals surface area contributed by atoms with Gasteiger partial charge in [-0.3, -0.25) is 4.79 Å². The van der Waals surface area contributed by atoms with E-state index in [0.29, 0.717) is 40.0 Å². The molecule has 1 aliphatic rings. The van der Waals surface area contributed by atoms with E-state index in [1.807, 2.05) is 43.3 Å². The highest BCUT2D eigenvalue weighted by molar-refractivity contribution is 9.10. The molecule has 0 bridgehead atoms. The number of carbonyl (C=O) groups is 1. The van der Waals surface area contributed by atoms with E-state index in [-0.39, 0.29) is 11.7 Å². The number of nitrogens with zero attached hydrogens (tertiary/aromatic N) is 3. The number of carbonyl (C=O) groups excluding carboxylic acids is 1. The molecule has 176 valence electrons. The van der Waals surface area contributed by atoms with Crippen LogP contribution in [0.2, 0.25) is 0 Å². The van der Waals surface area contributed by atoms with Gasteiger partial charge < -0.3 is 15.4 Å². The highest BCUT2D eigenvalue weighted by atomic mass is 79.9. The number of nitrogens with one attached hydrogen (secondary N) is 2. The molecule has 4 aromatic rings. The zero-order valence-corrected chi connectivity index (χ0v) is 20.5. The second kappa shape index (κ2) is 9.34. The van der Waals surface area contributed by atoms with E-state index in [0.717, 1.165) is 10.0 Å². The number of ether oxygens (including phenoxy) is 1. The molecule has 0 aliphatic carbocycles. The minimum absolute atomic E-state index is 0.295. The smallest absolute Gasteiger partial charge is 0.255 e. The molecule has 1 aromatic heterocycles. The monoisotopic (exact) mass is 533 g/mol. The van der Waals surface area contributed by atoms with Gasteiger partial charge in [-0.25, -0.2) is 9.07 Å². The van der Waals surface area contributed by atoms with E-state index < -0.39 is 6.04 Å². The van der Waals surface area contributed by atoms with E-state index in [9.17, 15) is 9.18 Å². The number of para-hydroxylation sites is 2. The summed E-state index contributed by atoms with van der Waals surface area (Å²) in [7, 11) is 1.56. The molecular formula is C26H21BrFN5O2. The first-order valence-electron chi connectivity index (χ1n) is 10.8. The van der Waals surface area contributed by atoms with E-state index in [1.54, 1.807) is 36.1 Å². The molecule has 0 radical (unpaired) electrons. The van der Waals surface area contributed by atoms with Crippen molar-refractivity contribution in [3.63, 3.8) is 0 Å². The molecule has 0 saturated heterocycles. The van der Waals surface area contributed by atoms with Gasteiger partial charge in [0.05, 0.1) is 18.4 Å². The second-order valence-electron chi connectivity index (χ2n) is 7.98. The van der Waals surface area contributed by atoms with Crippen LogP contribution in [0.5, 0.6) is 5.75 Å². The topological polar surface area (TPSA) is 81.1 Å². The number of fused-ring (bicyclic) bond motifs is 1. The number of anilines is 2. The van der Waals surface area contributed by atoms with Crippen LogP contribution in [0, 0.1) is 5.82 Å². The Bertz CT molecular complexity index is 1430. The van der Waals surface area contributed by atoms with Gasteiger partial charge in [0.15, 0.2) is 5.82 Å². The molecule has 7 nitrogen and oxygen atoms in total. The number of hydrogen-bond donors (Lipinski definition) is 2. The third-order valence-electron chi connectivity index (χ3n) is 5.74. The first-order valence-corrected chi connectivity index (χ1v) is 11.6. The summed E-state index contributed by atoms with van der Waals surface area (Å²) < 4.78 is 21.4. The average Bonchev–Trinajstić information content (AvgIpc) is 3.28. The van der Waals surface area contributed by atoms with Gasteiger partial charge >= 0.3 is 0 Å². The second-order valence-corrected chi connectivity index (χ2v) is 8.90. The molecule has 1 atom stereocenters. The minimum atomic E-state index is -0.546. The van der Waals surface area contributed by atoms with Crippen LogP contribution in [0.3, 0.4) is 0 Å². The van der Waals surface area contributed by atoms with E-state index >= 15 is 0 Å². The SMILES string of the molecule is COc1ccccc1NC(=O)C1=C(C)Nc2nc(-c3ccc(F)cc3)nn2C1c1ccc(Br)cc1. The summed E-state index contributed by atoms with van der Waals surface area (Å²) in [4.78, 5) is 18.3. The third-order valence-corrected chi connectivity index (χ3v) is 6.27. The minimum Gasteiger partial charge on any atom is -0.495 e. The summed E-state index contributed by atoms with van der Waals surface area (Å²) in [5.74, 6) is 0.841. The van der Waals surface area contributed by atoms with Gasteiger partial charge in [0.2, 0.25) is 5.95 Å². The standard InChI is InChI=1S/C26H21BrFN5O2/c1-15-22(25(34)30-20-5-3-4-6-21(20)35-2)23(16-7-11-18(27)12-8-16)33-26(29-15)31-24(32-33)17-9-13-19(28)14-10-17/h3-14,23H,1-2H3,(H,30,34)(H,29,31,32). The van der Waals surface area contributed by atoms with Crippen molar-refractivity contribution in [1.82, 2.24) is 14.8 Å². The van der Waals surface area contributed by atoms with Crippen molar-refractivity contribution in [2.75, 3.05) is 17.7 Å². The lowest BCUT2D eigenvalue weighted by molar-refractivity contribution is -0.113. The number of allylic oxidation sites excluding steroid dienone is 1. The van der Waals surface area contributed by atoms with Crippen molar-refractivity contribution in [3.05, 3.63) is 99.9 Å². The summed E-state index contributed by atoms with van der Waals surface area (Å²) in [5, 5.41) is 10.9. The van der Waals surface area contributed by atoms with Crippen LogP contribution in [0.1, 0.15) is 18.5 Å². The highest BCUT2D eigenvalue weighted by Crippen LogP contribution is 2.37. The fourth-order valence-corrected chi connectivity index (χ4v) is 4.32. The molecule has 35 heavy (non-hydrogen) atoms. The number of methoxy groups -OCH3 is 1. The van der Waals surface area contributed by atoms with Crippen LogP contribution < -0.4 is 15.4 Å². The maximum absolute atomic E-state index is 13.6. The number of rotatable bonds is 5. The number of hydrogen-bond acceptors (Lipinski definition) is 5. The van der Waals surface area contributed by atoms with Crippen LogP contribution in [0.15, 0.2) is 88.5 Å². The maximum Gasteiger partial charge on any atom is 0.255 e. The van der Waals surface area contributed by atoms with Gasteiger partial charge in [-0.15, -0.1) is 5.10 Å². The van der Waals surface area contributed by atoms with Crippen molar-refractivity contribution in [1.29, 1.82) is 0 Å². The van der Waals surface area contributed by atoms with Crippen molar-refractivity contribution < 1.29 is 13.9 Å². The van der Waals surface area contributed by atoms with Gasteiger partial charge in [-0.1, -0.05) is 40.2 Å². The van der Waals surface area contributed by atoms with Gasteiger partial charge in [0, 0.05) is 15.7 Å². The van der Waals surface area contributed by atoms with Crippen molar-refractivity contribution >= 4 is 33.5 Å². The molecule has 0 fully saturated rings. The Morgan fingerprint density at radius 3 is 2.51 bits per heavy atom. The number of halogens is 2. The van der Waals surface area contributed by atoms with Crippen molar-refractivity contribution in [3.8, 4) is 17.1 Å². The van der Waals surface area contributed by atoms with Gasteiger partial charge in [0.1, 0.15) is 17.6 Å². The van der Waals surface area contributed by atoms with Gasteiger partial charge in [-0.05, 0) is 61.0 Å². The number of aromatic nitrogens is 3. The van der Waals surface area contributed by atoms with E-state index in [4.69, 9.17) is 9.84 Å². The third kappa shape index (κ3) is 4.42. The fourth-order valence-electron chi connectivity index (χ4n) is 4.06. The molecule has 1 unspecified atom stereocenters. The molecule has 2 heterocycles. The molecule has 1 aliphatic heterocycles. The van der Waals surface area contributed by atoms with Crippen LogP contribution in [0.25, 0.3) is 11.4 Å².